The molecule has 2 rings (SSSR count). The van der Waals surface area contributed by atoms with Gasteiger partial charge in [-0.05, 0) is 55.2 Å². The van der Waals surface area contributed by atoms with Gasteiger partial charge in [0.2, 0.25) is 15.9 Å². The summed E-state index contributed by atoms with van der Waals surface area (Å²) in [6.07, 6.45) is 0.316. The van der Waals surface area contributed by atoms with Crippen molar-refractivity contribution in [2.75, 3.05) is 20.2 Å². The highest BCUT2D eigenvalue weighted by Crippen LogP contribution is 2.27. The number of benzene rings is 2. The fourth-order valence-corrected chi connectivity index (χ4v) is 3.69. The molecule has 0 saturated carbocycles. The van der Waals surface area contributed by atoms with Crippen LogP contribution in [0.2, 0.25) is 0 Å². The summed E-state index contributed by atoms with van der Waals surface area (Å²) in [5.41, 5.74) is 2.18. The van der Waals surface area contributed by atoms with Crippen LogP contribution in [0.1, 0.15) is 16.7 Å². The molecule has 2 aromatic carbocycles. The van der Waals surface area contributed by atoms with Crippen molar-refractivity contribution in [1.29, 1.82) is 0 Å². The average Bonchev–Trinajstić information content (AvgIpc) is 2.63. The van der Waals surface area contributed by atoms with Crippen molar-refractivity contribution in [3.8, 4) is 5.75 Å². The highest BCUT2D eigenvalue weighted by Gasteiger charge is 2.21. The fraction of sp³-hybridized carbons (Fsp3) is 0.316. The summed E-state index contributed by atoms with van der Waals surface area (Å²) in [7, 11) is -2.53. The van der Waals surface area contributed by atoms with E-state index in [1.54, 1.807) is 31.2 Å². The first-order valence-electron chi connectivity index (χ1n) is 8.39. The minimum absolute atomic E-state index is 0.0211. The fourth-order valence-electron chi connectivity index (χ4n) is 2.47. The third-order valence-electron chi connectivity index (χ3n) is 4.17. The maximum Gasteiger partial charge on any atom is 0.244 e. The van der Waals surface area contributed by atoms with Crippen LogP contribution in [0.25, 0.3) is 0 Å². The van der Waals surface area contributed by atoms with Gasteiger partial charge in [0.15, 0.2) is 0 Å². The number of hydrogen-bond acceptors (Lipinski definition) is 4. The second-order valence-electron chi connectivity index (χ2n) is 6.10. The van der Waals surface area contributed by atoms with Gasteiger partial charge in [-0.3, -0.25) is 4.79 Å². The Morgan fingerprint density at radius 2 is 1.81 bits per heavy atom. The van der Waals surface area contributed by atoms with E-state index in [4.69, 9.17) is 4.74 Å². The summed E-state index contributed by atoms with van der Waals surface area (Å²) >= 11 is 0. The molecule has 146 valence electrons. The molecular weight excluding hydrogens is 371 g/mol. The van der Waals surface area contributed by atoms with Crippen LogP contribution in [0.5, 0.6) is 5.75 Å². The Labute approximate surface area is 158 Å². The van der Waals surface area contributed by atoms with E-state index in [1.165, 1.54) is 19.2 Å². The molecule has 1 amide bonds. The van der Waals surface area contributed by atoms with E-state index in [0.717, 1.165) is 11.1 Å². The van der Waals surface area contributed by atoms with Crippen molar-refractivity contribution in [1.82, 2.24) is 10.0 Å². The van der Waals surface area contributed by atoms with Crippen LogP contribution in [0.15, 0.2) is 41.3 Å². The number of carbonyl (C=O) groups excluding carboxylic acids is 1. The second-order valence-corrected chi connectivity index (χ2v) is 7.84. The van der Waals surface area contributed by atoms with Crippen LogP contribution in [-0.2, 0) is 21.2 Å². The normalized spacial score (nSPS) is 11.3. The maximum absolute atomic E-state index is 13.5. The minimum Gasteiger partial charge on any atom is -0.495 e. The van der Waals surface area contributed by atoms with Gasteiger partial charge >= 0.3 is 0 Å². The van der Waals surface area contributed by atoms with Crippen LogP contribution in [0.3, 0.4) is 0 Å². The SMILES string of the molecule is COc1cc(C)c(C)cc1S(=O)(=O)NCC(=O)NCCc1ccccc1F. The zero-order valence-corrected chi connectivity index (χ0v) is 16.3. The Morgan fingerprint density at radius 1 is 1.15 bits per heavy atom. The van der Waals surface area contributed by atoms with Crippen LogP contribution in [0.4, 0.5) is 4.39 Å². The number of aryl methyl sites for hydroxylation is 2. The first kappa shape index (κ1) is 20.9. The lowest BCUT2D eigenvalue weighted by molar-refractivity contribution is -0.119. The number of nitrogens with one attached hydrogen (secondary N) is 2. The summed E-state index contributed by atoms with van der Waals surface area (Å²) in [6.45, 7) is 3.43. The second kappa shape index (κ2) is 8.96. The van der Waals surface area contributed by atoms with E-state index in [0.29, 0.717) is 12.0 Å². The van der Waals surface area contributed by atoms with Crippen molar-refractivity contribution in [3.63, 3.8) is 0 Å². The van der Waals surface area contributed by atoms with E-state index < -0.39 is 22.5 Å². The molecule has 0 aliphatic heterocycles. The monoisotopic (exact) mass is 394 g/mol. The lowest BCUT2D eigenvalue weighted by atomic mass is 10.1. The zero-order chi connectivity index (χ0) is 20.0. The summed E-state index contributed by atoms with van der Waals surface area (Å²) in [4.78, 5) is 11.9. The number of hydrogen-bond donors (Lipinski definition) is 2. The van der Waals surface area contributed by atoms with Gasteiger partial charge in [0.1, 0.15) is 16.5 Å². The molecule has 6 nitrogen and oxygen atoms in total. The molecule has 0 atom stereocenters. The van der Waals surface area contributed by atoms with Gasteiger partial charge in [-0.25, -0.2) is 17.5 Å². The van der Waals surface area contributed by atoms with Crippen molar-refractivity contribution >= 4 is 15.9 Å². The predicted octanol–water partition coefficient (Wildman–Crippen LogP) is 2.09. The number of sulfonamides is 1. The molecule has 27 heavy (non-hydrogen) atoms. The number of amides is 1. The van der Waals surface area contributed by atoms with Crippen LogP contribution in [0, 0.1) is 19.7 Å². The summed E-state index contributed by atoms with van der Waals surface area (Å²) in [5, 5.41) is 2.57. The van der Waals surface area contributed by atoms with Gasteiger partial charge < -0.3 is 10.1 Å². The molecule has 0 aromatic heterocycles. The molecule has 0 heterocycles. The smallest absolute Gasteiger partial charge is 0.244 e. The minimum atomic E-state index is -3.92. The van der Waals surface area contributed by atoms with Crippen LogP contribution >= 0.6 is 0 Å². The Morgan fingerprint density at radius 3 is 2.48 bits per heavy atom. The average molecular weight is 394 g/mol. The largest absolute Gasteiger partial charge is 0.495 e. The van der Waals surface area contributed by atoms with E-state index in [2.05, 4.69) is 10.0 Å². The van der Waals surface area contributed by atoms with Crippen molar-refractivity contribution in [2.45, 2.75) is 25.2 Å². The molecule has 2 aromatic rings. The van der Waals surface area contributed by atoms with Crippen LogP contribution in [-0.4, -0.2) is 34.5 Å². The highest BCUT2D eigenvalue weighted by atomic mass is 32.2. The number of carbonyl (C=O) groups is 1. The number of halogens is 1. The Hall–Kier alpha value is -2.45. The van der Waals surface area contributed by atoms with Gasteiger partial charge in [0, 0.05) is 6.54 Å². The highest BCUT2D eigenvalue weighted by molar-refractivity contribution is 7.89. The Kier molecular flexibility index (Phi) is 6.92. The lowest BCUT2D eigenvalue weighted by Gasteiger charge is -2.13. The summed E-state index contributed by atoms with van der Waals surface area (Å²) in [5.74, 6) is -0.627. The topological polar surface area (TPSA) is 84.5 Å². The van der Waals surface area contributed by atoms with Gasteiger partial charge in [0.05, 0.1) is 13.7 Å². The number of methoxy groups -OCH3 is 1. The third-order valence-corrected chi connectivity index (χ3v) is 5.59. The van der Waals surface area contributed by atoms with Crippen LogP contribution < -0.4 is 14.8 Å². The van der Waals surface area contributed by atoms with Gasteiger partial charge in [-0.1, -0.05) is 18.2 Å². The van der Waals surface area contributed by atoms with Crippen molar-refractivity contribution in [3.05, 3.63) is 58.9 Å². The van der Waals surface area contributed by atoms with E-state index in [9.17, 15) is 17.6 Å². The standard InChI is InChI=1S/C19H23FN2O4S/c1-13-10-17(26-3)18(11-14(13)2)27(24,25)22-12-19(23)21-9-8-15-6-4-5-7-16(15)20/h4-7,10-11,22H,8-9,12H2,1-3H3,(H,21,23). The Bertz CT molecular complexity index is 929. The van der Waals surface area contributed by atoms with Gasteiger partial charge in [0.25, 0.3) is 0 Å². The van der Waals surface area contributed by atoms with Gasteiger partial charge in [-0.15, -0.1) is 0 Å². The quantitative estimate of drug-likeness (QED) is 0.718. The Balaban J connectivity index is 1.94. The third kappa shape index (κ3) is 5.51. The molecule has 8 heteroatoms. The first-order valence-corrected chi connectivity index (χ1v) is 9.88. The molecule has 0 fully saturated rings. The summed E-state index contributed by atoms with van der Waals surface area (Å²) in [6, 6.07) is 9.43. The van der Waals surface area contributed by atoms with Crippen molar-refractivity contribution < 1.29 is 22.3 Å². The number of ether oxygens (including phenoxy) is 1. The molecular formula is C19H23FN2O4S. The maximum atomic E-state index is 13.5. The predicted molar refractivity (Wildman–Crippen MR) is 101 cm³/mol. The van der Waals surface area contributed by atoms with Gasteiger partial charge in [-0.2, -0.15) is 0 Å². The molecule has 2 N–H and O–H groups in total. The summed E-state index contributed by atoms with van der Waals surface area (Å²) < 4.78 is 45.9. The van der Waals surface area contributed by atoms with E-state index in [1.807, 2.05) is 6.92 Å². The molecule has 0 bridgehead atoms. The molecule has 0 aliphatic carbocycles. The molecule has 0 radical (unpaired) electrons. The van der Waals surface area contributed by atoms with Crippen molar-refractivity contribution in [2.24, 2.45) is 0 Å². The molecule has 0 spiro atoms. The van der Waals surface area contributed by atoms with E-state index >= 15 is 0 Å². The number of rotatable bonds is 8. The molecule has 0 aliphatic rings. The lowest BCUT2D eigenvalue weighted by Crippen LogP contribution is -2.37. The first-order chi connectivity index (χ1) is 12.7. The zero-order valence-electron chi connectivity index (χ0n) is 15.5. The van der Waals surface area contributed by atoms with E-state index in [-0.39, 0.29) is 23.0 Å². The molecule has 0 saturated heterocycles. The molecule has 0 unspecified atom stereocenters.